The number of halogens is 1. The Morgan fingerprint density at radius 3 is 2.50 bits per heavy atom. The van der Waals surface area contributed by atoms with Gasteiger partial charge in [0.25, 0.3) is 8.43 Å². The van der Waals surface area contributed by atoms with Crippen LogP contribution in [-0.4, -0.2) is 40.3 Å². The average Bonchev–Trinajstić information content (AvgIpc) is 1.88. The van der Waals surface area contributed by atoms with Crippen molar-refractivity contribution in [2.75, 3.05) is 27.3 Å². The Morgan fingerprint density at radius 1 is 1.50 bits per heavy atom. The van der Waals surface area contributed by atoms with Crippen LogP contribution in [0.1, 0.15) is 6.92 Å². The maximum Gasteiger partial charge on any atom is 0.289 e. The van der Waals surface area contributed by atoms with Crippen molar-refractivity contribution in [1.29, 1.82) is 0 Å². The van der Waals surface area contributed by atoms with Crippen molar-refractivity contribution in [3.8, 4) is 0 Å². The molecule has 5 heteroatoms. The lowest BCUT2D eigenvalue weighted by atomic mass is 10.8. The molecule has 0 spiro atoms. The van der Waals surface area contributed by atoms with E-state index in [1.807, 2.05) is 18.7 Å². The van der Waals surface area contributed by atoms with E-state index in [4.69, 9.17) is 11.1 Å². The summed E-state index contributed by atoms with van der Waals surface area (Å²) in [6, 6.07) is 0. The normalized spacial score (nSPS) is 14.1. The van der Waals surface area contributed by atoms with Crippen LogP contribution in [0, 0.1) is 0 Å². The summed E-state index contributed by atoms with van der Waals surface area (Å²) in [5, 5.41) is 3.15. The van der Waals surface area contributed by atoms with Crippen LogP contribution in [0.3, 0.4) is 0 Å². The molecule has 0 amide bonds. The predicted molar refractivity (Wildman–Crippen MR) is 48.4 cm³/mol. The molecule has 0 aliphatic heterocycles. The molecule has 0 saturated carbocycles. The number of nitrogens with zero attached hydrogens (tertiary/aromatic N) is 1. The number of hydrogen-bond donors (Lipinski definition) is 2. The van der Waals surface area contributed by atoms with Crippen molar-refractivity contribution in [1.82, 2.24) is 14.9 Å². The zero-order chi connectivity index (χ0) is 7.98. The maximum absolute atomic E-state index is 5.97. The summed E-state index contributed by atoms with van der Waals surface area (Å²) in [4.78, 5) is 3.20. The van der Waals surface area contributed by atoms with Crippen LogP contribution in [0.5, 0.6) is 0 Å². The third kappa shape index (κ3) is 5.19. The standard InChI is InChI=1S/C5H16ClN3Si/c1-4-7-5-8-10(6)9(2)3/h7-8,10H,4-5H2,1-3H3. The molecule has 0 aliphatic rings. The monoisotopic (exact) mass is 181 g/mol. The molecule has 0 aromatic heterocycles. The fraction of sp³-hybridized carbons (Fsp3) is 1.00. The van der Waals surface area contributed by atoms with Gasteiger partial charge in [0.2, 0.25) is 0 Å². The van der Waals surface area contributed by atoms with Crippen LogP contribution >= 0.6 is 11.1 Å². The van der Waals surface area contributed by atoms with Gasteiger partial charge in [0.05, 0.1) is 0 Å². The lowest BCUT2D eigenvalue weighted by molar-refractivity contribution is 0.611. The van der Waals surface area contributed by atoms with Crippen molar-refractivity contribution >= 4 is 19.5 Å². The Balaban J connectivity index is 3.13. The molecule has 0 rings (SSSR count). The van der Waals surface area contributed by atoms with Gasteiger partial charge in [-0.2, -0.15) is 0 Å². The van der Waals surface area contributed by atoms with Gasteiger partial charge in [0.15, 0.2) is 0 Å². The van der Waals surface area contributed by atoms with Crippen LogP contribution in [0.15, 0.2) is 0 Å². The minimum Gasteiger partial charge on any atom is -0.308 e. The van der Waals surface area contributed by atoms with Crippen molar-refractivity contribution in [3.05, 3.63) is 0 Å². The molecule has 62 valence electrons. The van der Waals surface area contributed by atoms with E-state index in [0.29, 0.717) is 0 Å². The van der Waals surface area contributed by atoms with Gasteiger partial charge in [-0.25, -0.2) is 0 Å². The topological polar surface area (TPSA) is 27.3 Å². The Hall–Kier alpha value is 0.387. The summed E-state index contributed by atoms with van der Waals surface area (Å²) in [6.07, 6.45) is 0. The Labute approximate surface area is 69.2 Å². The van der Waals surface area contributed by atoms with E-state index < -0.39 is 8.43 Å². The van der Waals surface area contributed by atoms with Gasteiger partial charge in [-0.3, -0.25) is 0 Å². The van der Waals surface area contributed by atoms with Crippen molar-refractivity contribution in [2.45, 2.75) is 6.92 Å². The number of hydrogen-bond acceptors (Lipinski definition) is 3. The zero-order valence-electron chi connectivity index (χ0n) is 6.82. The molecule has 0 aliphatic carbocycles. The van der Waals surface area contributed by atoms with Crippen LogP contribution < -0.4 is 10.3 Å². The summed E-state index contributed by atoms with van der Waals surface area (Å²) in [5.74, 6) is 0. The minimum absolute atomic E-state index is 0.815. The maximum atomic E-state index is 5.97. The highest BCUT2D eigenvalue weighted by Crippen LogP contribution is 1.85. The molecule has 0 bridgehead atoms. The highest BCUT2D eigenvalue weighted by Gasteiger charge is 2.06. The third-order valence-corrected chi connectivity index (χ3v) is 4.18. The second-order valence-corrected chi connectivity index (χ2v) is 5.64. The average molecular weight is 182 g/mol. The predicted octanol–water partition coefficient (Wildman–Crippen LogP) is -0.339. The van der Waals surface area contributed by atoms with Crippen LogP contribution in [0.2, 0.25) is 0 Å². The quantitative estimate of drug-likeness (QED) is 0.263. The van der Waals surface area contributed by atoms with Crippen LogP contribution in [0.4, 0.5) is 0 Å². The Kier molecular flexibility index (Phi) is 6.36. The van der Waals surface area contributed by atoms with E-state index in [9.17, 15) is 0 Å². The fourth-order valence-electron chi connectivity index (χ4n) is 0.464. The van der Waals surface area contributed by atoms with Crippen molar-refractivity contribution in [3.63, 3.8) is 0 Å². The van der Waals surface area contributed by atoms with Crippen molar-refractivity contribution in [2.24, 2.45) is 0 Å². The molecule has 3 nitrogen and oxygen atoms in total. The van der Waals surface area contributed by atoms with E-state index in [1.165, 1.54) is 0 Å². The van der Waals surface area contributed by atoms with Gasteiger partial charge in [-0.15, -0.1) is 11.1 Å². The fourth-order valence-corrected chi connectivity index (χ4v) is 1.37. The second kappa shape index (κ2) is 6.12. The minimum atomic E-state index is -1.31. The molecule has 2 N–H and O–H groups in total. The smallest absolute Gasteiger partial charge is 0.289 e. The second-order valence-electron chi connectivity index (χ2n) is 2.28. The molecular formula is C5H16ClN3Si. The molecule has 0 fully saturated rings. The van der Waals surface area contributed by atoms with Crippen molar-refractivity contribution < 1.29 is 0 Å². The molecule has 0 saturated heterocycles. The summed E-state index contributed by atoms with van der Waals surface area (Å²) in [7, 11) is 2.66. The highest BCUT2D eigenvalue weighted by atomic mass is 35.6. The first-order valence-electron chi connectivity index (χ1n) is 3.43. The van der Waals surface area contributed by atoms with E-state index in [0.717, 1.165) is 13.2 Å². The van der Waals surface area contributed by atoms with Gasteiger partial charge in [0.1, 0.15) is 0 Å². The van der Waals surface area contributed by atoms with E-state index in [1.54, 1.807) is 0 Å². The largest absolute Gasteiger partial charge is 0.308 e. The number of nitrogens with one attached hydrogen (secondary N) is 2. The Morgan fingerprint density at radius 2 is 2.10 bits per heavy atom. The van der Waals surface area contributed by atoms with E-state index >= 15 is 0 Å². The Bertz CT molecular complexity index is 81.3. The summed E-state index contributed by atoms with van der Waals surface area (Å²) in [5.41, 5.74) is 0. The van der Waals surface area contributed by atoms with E-state index in [2.05, 4.69) is 17.2 Å². The molecule has 10 heavy (non-hydrogen) atoms. The summed E-state index contributed by atoms with van der Waals surface area (Å²) in [6.45, 7) is 3.87. The third-order valence-electron chi connectivity index (χ3n) is 1.10. The number of rotatable bonds is 5. The van der Waals surface area contributed by atoms with Gasteiger partial charge in [-0.05, 0) is 20.6 Å². The lowest BCUT2D eigenvalue weighted by Gasteiger charge is -2.16. The zero-order valence-corrected chi connectivity index (χ0v) is 8.73. The molecule has 0 aromatic carbocycles. The van der Waals surface area contributed by atoms with Crippen LogP contribution in [0.25, 0.3) is 0 Å². The first-order chi connectivity index (χ1) is 4.68. The molecule has 1 unspecified atom stereocenters. The first kappa shape index (κ1) is 10.4. The van der Waals surface area contributed by atoms with Gasteiger partial charge in [-0.1, -0.05) is 6.92 Å². The van der Waals surface area contributed by atoms with Gasteiger partial charge >= 0.3 is 0 Å². The summed E-state index contributed by atoms with van der Waals surface area (Å²) >= 11 is 5.97. The molecule has 1 atom stereocenters. The first-order valence-corrected chi connectivity index (χ1v) is 6.27. The molecule has 0 heterocycles. The molecule has 0 radical (unpaired) electrons. The molecular weight excluding hydrogens is 166 g/mol. The molecule has 0 aromatic rings. The van der Waals surface area contributed by atoms with Crippen LogP contribution in [-0.2, 0) is 0 Å². The lowest BCUT2D eigenvalue weighted by Crippen LogP contribution is -2.45. The highest BCUT2D eigenvalue weighted by molar-refractivity contribution is 7.03. The van der Waals surface area contributed by atoms with E-state index in [-0.39, 0.29) is 0 Å². The van der Waals surface area contributed by atoms with Gasteiger partial charge in [0, 0.05) is 6.67 Å². The van der Waals surface area contributed by atoms with Gasteiger partial charge < -0.3 is 14.9 Å². The SMILES string of the molecule is CCNCN[SiH](Cl)N(C)C. The summed E-state index contributed by atoms with van der Waals surface area (Å²) < 4.78 is 2.04.